The number of carbonyl (C=O) groups excluding carboxylic acids is 2. The zero-order valence-electron chi connectivity index (χ0n) is 13.8. The van der Waals surface area contributed by atoms with Gasteiger partial charge >= 0.3 is 6.03 Å². The molecule has 0 aliphatic carbocycles. The van der Waals surface area contributed by atoms with Gasteiger partial charge in [-0.05, 0) is 42.3 Å². The van der Waals surface area contributed by atoms with Crippen molar-refractivity contribution < 1.29 is 22.8 Å². The Bertz CT molecular complexity index is 894. The molecule has 1 heterocycles. The van der Waals surface area contributed by atoms with E-state index in [4.69, 9.17) is 0 Å². The number of benzene rings is 2. The van der Waals surface area contributed by atoms with Crippen LogP contribution in [0.2, 0.25) is 0 Å². The summed E-state index contributed by atoms with van der Waals surface area (Å²) in [6, 6.07) is 6.12. The fraction of sp³-hybridized carbons (Fsp3) is 0.158. The number of aryl methyl sites for hydroxylation is 1. The number of nitrogens with zero attached hydrogens (tertiary/aromatic N) is 1. The van der Waals surface area contributed by atoms with Gasteiger partial charge in [0.05, 0.1) is 6.04 Å². The Hall–Kier alpha value is -3.09. The number of carbonyl (C=O) groups is 2. The summed E-state index contributed by atoms with van der Waals surface area (Å²) in [5.74, 6) is -2.69. The van der Waals surface area contributed by atoms with Crippen LogP contribution in [0.1, 0.15) is 23.6 Å². The summed E-state index contributed by atoms with van der Waals surface area (Å²) >= 11 is 0. The van der Waals surface area contributed by atoms with E-state index < -0.39 is 29.5 Å². The maximum atomic E-state index is 13.4. The van der Waals surface area contributed by atoms with Crippen LogP contribution in [0.25, 0.3) is 0 Å². The summed E-state index contributed by atoms with van der Waals surface area (Å²) in [5, 5.41) is 2.52. The quantitative estimate of drug-likeness (QED) is 0.859. The molecule has 0 radical (unpaired) electrons. The lowest BCUT2D eigenvalue weighted by Crippen LogP contribution is -2.37. The largest absolute Gasteiger partial charge is 0.326 e. The number of hydrogen-bond acceptors (Lipinski definition) is 2. The van der Waals surface area contributed by atoms with Crippen LogP contribution in [0.3, 0.4) is 0 Å². The Morgan fingerprint density at radius 3 is 2.46 bits per heavy atom. The molecule has 134 valence electrons. The van der Waals surface area contributed by atoms with Crippen LogP contribution >= 0.6 is 0 Å². The van der Waals surface area contributed by atoms with E-state index in [1.54, 1.807) is 0 Å². The maximum Gasteiger partial charge on any atom is 0.326 e. The van der Waals surface area contributed by atoms with E-state index in [-0.39, 0.29) is 17.9 Å². The molecule has 2 amide bonds. The van der Waals surface area contributed by atoms with Crippen molar-refractivity contribution in [2.75, 3.05) is 5.32 Å². The lowest BCUT2D eigenvalue weighted by Gasteiger charge is -2.31. The first-order valence-corrected chi connectivity index (χ1v) is 7.86. The van der Waals surface area contributed by atoms with Crippen molar-refractivity contribution in [2.24, 2.45) is 0 Å². The summed E-state index contributed by atoms with van der Waals surface area (Å²) in [5.41, 5.74) is 1.06. The first-order chi connectivity index (χ1) is 12.3. The Balaban J connectivity index is 1.88. The molecule has 4 nitrogen and oxygen atoms in total. The number of amides is 2. The van der Waals surface area contributed by atoms with Crippen molar-refractivity contribution in [1.29, 1.82) is 0 Å². The number of allylic oxidation sites excluding steroid dienone is 1. The molecule has 3 rings (SSSR count). The lowest BCUT2D eigenvalue weighted by molar-refractivity contribution is -0.116. The molecule has 2 aromatic carbocycles. The Labute approximate surface area is 147 Å². The third-order valence-electron chi connectivity index (χ3n) is 4.15. The molecule has 7 heteroatoms. The van der Waals surface area contributed by atoms with Crippen molar-refractivity contribution >= 4 is 17.5 Å². The number of urea groups is 1. The lowest BCUT2D eigenvalue weighted by atomic mass is 9.97. The van der Waals surface area contributed by atoms with Gasteiger partial charge in [0.1, 0.15) is 5.82 Å². The average Bonchev–Trinajstić information content (AvgIpc) is 2.60. The summed E-state index contributed by atoms with van der Waals surface area (Å²) in [4.78, 5) is 25.7. The summed E-state index contributed by atoms with van der Waals surface area (Å²) in [6.45, 7) is 1.53. The van der Waals surface area contributed by atoms with Crippen molar-refractivity contribution in [2.45, 2.75) is 19.4 Å². The van der Waals surface area contributed by atoms with Gasteiger partial charge < -0.3 is 5.32 Å². The highest BCUT2D eigenvalue weighted by atomic mass is 19.2. The smallest absolute Gasteiger partial charge is 0.307 e. The minimum absolute atomic E-state index is 0.0340. The monoisotopic (exact) mass is 360 g/mol. The average molecular weight is 360 g/mol. The van der Waals surface area contributed by atoms with Gasteiger partial charge in [-0.25, -0.2) is 18.0 Å². The third kappa shape index (κ3) is 3.61. The van der Waals surface area contributed by atoms with Gasteiger partial charge in [-0.3, -0.25) is 9.69 Å². The summed E-state index contributed by atoms with van der Waals surface area (Å²) in [7, 11) is 0. The van der Waals surface area contributed by atoms with Crippen molar-refractivity contribution in [3.05, 3.63) is 77.3 Å². The summed E-state index contributed by atoms with van der Waals surface area (Å²) in [6.07, 6.45) is 2.62. The number of halogens is 3. The minimum atomic E-state index is -1.08. The number of hydrogen-bond donors (Lipinski definition) is 1. The highest BCUT2D eigenvalue weighted by Gasteiger charge is 2.29. The SMILES string of the molecule is Cc1cc(F)c(F)cc1NC(=O)N1C=CC(=O)CC1c1ccc(F)cc1. The van der Waals surface area contributed by atoms with Crippen LogP contribution in [0.5, 0.6) is 0 Å². The second-order valence-corrected chi connectivity index (χ2v) is 5.97. The van der Waals surface area contributed by atoms with Gasteiger partial charge in [-0.15, -0.1) is 0 Å². The van der Waals surface area contributed by atoms with Crippen molar-refractivity contribution in [3.8, 4) is 0 Å². The van der Waals surface area contributed by atoms with Crippen LogP contribution in [-0.4, -0.2) is 16.7 Å². The van der Waals surface area contributed by atoms with Gasteiger partial charge in [-0.2, -0.15) is 0 Å². The third-order valence-corrected chi connectivity index (χ3v) is 4.15. The molecule has 0 aromatic heterocycles. The van der Waals surface area contributed by atoms with E-state index in [0.717, 1.165) is 12.1 Å². The predicted octanol–water partition coefficient (Wildman–Crippen LogP) is 4.47. The normalized spacial score (nSPS) is 16.7. The highest BCUT2D eigenvalue weighted by molar-refractivity contribution is 5.96. The second kappa shape index (κ2) is 7.03. The van der Waals surface area contributed by atoms with Gasteiger partial charge in [0.15, 0.2) is 17.4 Å². The van der Waals surface area contributed by atoms with Gasteiger partial charge in [0.2, 0.25) is 0 Å². The number of nitrogens with one attached hydrogen (secondary N) is 1. The predicted molar refractivity (Wildman–Crippen MR) is 89.9 cm³/mol. The topological polar surface area (TPSA) is 49.4 Å². The maximum absolute atomic E-state index is 13.4. The zero-order valence-corrected chi connectivity index (χ0v) is 13.8. The standard InChI is InChI=1S/C19H15F3N2O2/c1-11-8-15(21)16(22)10-17(11)23-19(26)24-7-6-14(25)9-18(24)12-2-4-13(20)5-3-12/h2-8,10,18H,9H2,1H3,(H,23,26). The second-order valence-electron chi connectivity index (χ2n) is 5.97. The van der Waals surface area contributed by atoms with Crippen LogP contribution in [0, 0.1) is 24.4 Å². The minimum Gasteiger partial charge on any atom is -0.307 e. The Morgan fingerprint density at radius 2 is 1.77 bits per heavy atom. The molecular formula is C19H15F3N2O2. The molecule has 1 N–H and O–H groups in total. The van der Waals surface area contributed by atoms with E-state index in [9.17, 15) is 22.8 Å². The summed E-state index contributed by atoms with van der Waals surface area (Å²) < 4.78 is 39.8. The van der Waals surface area contributed by atoms with Crippen LogP contribution < -0.4 is 5.32 Å². The fourth-order valence-corrected chi connectivity index (χ4v) is 2.76. The first kappa shape index (κ1) is 17.7. The van der Waals surface area contributed by atoms with Gasteiger partial charge in [0.25, 0.3) is 0 Å². The Kier molecular flexibility index (Phi) is 4.79. The molecule has 0 fully saturated rings. The van der Waals surface area contributed by atoms with E-state index in [2.05, 4.69) is 5.32 Å². The highest BCUT2D eigenvalue weighted by Crippen LogP contribution is 2.30. The Morgan fingerprint density at radius 1 is 1.12 bits per heavy atom. The van der Waals surface area contributed by atoms with Crippen LogP contribution in [0.15, 0.2) is 48.7 Å². The van der Waals surface area contributed by atoms with E-state index in [1.165, 1.54) is 48.4 Å². The molecule has 0 saturated carbocycles. The van der Waals surface area contributed by atoms with Crippen molar-refractivity contribution in [1.82, 2.24) is 4.90 Å². The molecule has 1 aliphatic heterocycles. The van der Waals surface area contributed by atoms with E-state index >= 15 is 0 Å². The zero-order chi connectivity index (χ0) is 18.8. The number of anilines is 1. The van der Waals surface area contributed by atoms with E-state index in [0.29, 0.717) is 11.1 Å². The van der Waals surface area contributed by atoms with Crippen molar-refractivity contribution in [3.63, 3.8) is 0 Å². The van der Waals surface area contributed by atoms with Crippen LogP contribution in [0.4, 0.5) is 23.7 Å². The molecule has 1 atom stereocenters. The molecule has 1 aliphatic rings. The molecule has 26 heavy (non-hydrogen) atoms. The van der Waals surface area contributed by atoms with E-state index in [1.807, 2.05) is 0 Å². The molecule has 0 bridgehead atoms. The van der Waals surface area contributed by atoms with Gasteiger partial charge in [-0.1, -0.05) is 12.1 Å². The molecule has 0 saturated heterocycles. The van der Waals surface area contributed by atoms with Crippen LogP contribution in [-0.2, 0) is 4.79 Å². The van der Waals surface area contributed by atoms with Gasteiger partial charge in [0, 0.05) is 24.4 Å². The number of rotatable bonds is 2. The molecular weight excluding hydrogens is 345 g/mol. The molecule has 1 unspecified atom stereocenters. The molecule has 0 spiro atoms. The fourth-order valence-electron chi connectivity index (χ4n) is 2.76. The first-order valence-electron chi connectivity index (χ1n) is 7.86. The molecule has 2 aromatic rings. The number of ketones is 1.